The number of amides is 1. The number of carbonyl (C=O) groups is 1. The molecule has 0 saturated heterocycles. The minimum absolute atomic E-state index is 0.222. The Labute approximate surface area is 121 Å². The average Bonchev–Trinajstić information content (AvgIpc) is 2.39. The number of nitrogens with two attached hydrogens (primary N) is 1. The Balaban J connectivity index is 2.76. The molecule has 1 rings (SSSR count). The highest BCUT2D eigenvalue weighted by Gasteiger charge is 2.32. The Morgan fingerprint density at radius 3 is 2.52 bits per heavy atom. The van der Waals surface area contributed by atoms with E-state index in [1.54, 1.807) is 7.05 Å². The third kappa shape index (κ3) is 5.53. The molecule has 0 radical (unpaired) electrons. The number of hydrogen-bond donors (Lipinski definition) is 1. The normalized spacial score (nSPS) is 11.3. The van der Waals surface area contributed by atoms with Gasteiger partial charge in [0, 0.05) is 19.2 Å². The van der Waals surface area contributed by atoms with Gasteiger partial charge >= 0.3 is 6.36 Å². The predicted molar refractivity (Wildman–Crippen MR) is 74.0 cm³/mol. The summed E-state index contributed by atoms with van der Waals surface area (Å²) in [5.41, 5.74) is 5.51. The number of hydrogen-bond acceptors (Lipinski definition) is 3. The van der Waals surface area contributed by atoms with E-state index in [1.807, 2.05) is 0 Å². The summed E-state index contributed by atoms with van der Waals surface area (Å²) in [7, 11) is 1.65. The summed E-state index contributed by atoms with van der Waals surface area (Å²) in [4.78, 5) is 13.6. The average molecular weight is 304 g/mol. The first-order chi connectivity index (χ1) is 9.74. The van der Waals surface area contributed by atoms with Crippen LogP contribution in [0.1, 0.15) is 36.5 Å². The second kappa shape index (κ2) is 7.19. The molecule has 4 nitrogen and oxygen atoms in total. The standard InChI is InChI=1S/C14H19F3N2O2/c1-3-4-5-8-19(2)13(20)10-6-7-12(11(18)9-10)21-14(15,16)17/h6-7,9H,3-5,8,18H2,1-2H3. The van der Waals surface area contributed by atoms with E-state index in [4.69, 9.17) is 5.73 Å². The van der Waals surface area contributed by atoms with Gasteiger partial charge in [-0.3, -0.25) is 4.79 Å². The first kappa shape index (κ1) is 17.1. The number of anilines is 1. The number of ether oxygens (including phenoxy) is 1. The van der Waals surface area contributed by atoms with Crippen molar-refractivity contribution in [2.75, 3.05) is 19.3 Å². The topological polar surface area (TPSA) is 55.6 Å². The minimum atomic E-state index is -4.81. The third-order valence-corrected chi connectivity index (χ3v) is 2.93. The van der Waals surface area contributed by atoms with Crippen molar-refractivity contribution in [2.45, 2.75) is 32.5 Å². The van der Waals surface area contributed by atoms with Gasteiger partial charge in [0.05, 0.1) is 5.69 Å². The van der Waals surface area contributed by atoms with Gasteiger partial charge < -0.3 is 15.4 Å². The van der Waals surface area contributed by atoms with Gasteiger partial charge in [0.15, 0.2) is 5.75 Å². The number of halogens is 3. The van der Waals surface area contributed by atoms with Crippen molar-refractivity contribution in [3.05, 3.63) is 23.8 Å². The highest BCUT2D eigenvalue weighted by molar-refractivity contribution is 5.95. The second-order valence-corrected chi connectivity index (χ2v) is 4.73. The fourth-order valence-electron chi connectivity index (χ4n) is 1.82. The Hall–Kier alpha value is -1.92. The summed E-state index contributed by atoms with van der Waals surface area (Å²) >= 11 is 0. The lowest BCUT2D eigenvalue weighted by Crippen LogP contribution is -2.27. The fraction of sp³-hybridized carbons (Fsp3) is 0.500. The van der Waals surface area contributed by atoms with E-state index in [2.05, 4.69) is 11.7 Å². The molecule has 1 aromatic rings. The number of benzene rings is 1. The van der Waals surface area contributed by atoms with Gasteiger partial charge in [-0.15, -0.1) is 13.2 Å². The summed E-state index contributed by atoms with van der Waals surface area (Å²) in [5, 5.41) is 0. The quantitative estimate of drug-likeness (QED) is 0.647. The number of nitrogen functional groups attached to an aromatic ring is 1. The van der Waals surface area contributed by atoms with Crippen LogP contribution in [0, 0.1) is 0 Å². The minimum Gasteiger partial charge on any atom is -0.404 e. The van der Waals surface area contributed by atoms with Crippen LogP contribution in [-0.4, -0.2) is 30.8 Å². The Bertz CT molecular complexity index is 490. The number of unbranched alkanes of at least 4 members (excludes halogenated alkanes) is 2. The zero-order valence-electron chi connectivity index (χ0n) is 12.0. The molecule has 0 atom stereocenters. The van der Waals surface area contributed by atoms with Gasteiger partial charge in [-0.1, -0.05) is 19.8 Å². The molecule has 118 valence electrons. The molecule has 2 N–H and O–H groups in total. The first-order valence-electron chi connectivity index (χ1n) is 6.65. The zero-order chi connectivity index (χ0) is 16.0. The Morgan fingerprint density at radius 2 is 2.00 bits per heavy atom. The lowest BCUT2D eigenvalue weighted by atomic mass is 10.1. The van der Waals surface area contributed by atoms with Crippen molar-refractivity contribution in [2.24, 2.45) is 0 Å². The Kier molecular flexibility index (Phi) is 5.87. The maximum atomic E-state index is 12.1. The largest absolute Gasteiger partial charge is 0.573 e. The predicted octanol–water partition coefficient (Wildman–Crippen LogP) is 3.43. The molecule has 0 aliphatic rings. The maximum Gasteiger partial charge on any atom is 0.573 e. The molecule has 0 heterocycles. The number of rotatable bonds is 6. The van der Waals surface area contributed by atoms with E-state index in [1.165, 1.54) is 17.0 Å². The number of alkyl halides is 3. The summed E-state index contributed by atoms with van der Waals surface area (Å²) < 4.78 is 40.1. The van der Waals surface area contributed by atoms with Gasteiger partial charge in [0.25, 0.3) is 5.91 Å². The molecule has 0 unspecified atom stereocenters. The smallest absolute Gasteiger partial charge is 0.404 e. The molecular formula is C14H19F3N2O2. The molecule has 0 saturated carbocycles. The van der Waals surface area contributed by atoms with Crippen molar-refractivity contribution in [1.29, 1.82) is 0 Å². The maximum absolute atomic E-state index is 12.1. The SMILES string of the molecule is CCCCCN(C)C(=O)c1ccc(OC(F)(F)F)c(N)c1. The van der Waals surface area contributed by atoms with E-state index in [-0.39, 0.29) is 17.2 Å². The van der Waals surface area contributed by atoms with Crippen molar-refractivity contribution < 1.29 is 22.7 Å². The van der Waals surface area contributed by atoms with Crippen LogP contribution >= 0.6 is 0 Å². The van der Waals surface area contributed by atoms with Crippen molar-refractivity contribution >= 4 is 11.6 Å². The van der Waals surface area contributed by atoms with Crippen molar-refractivity contribution in [3.63, 3.8) is 0 Å². The summed E-state index contributed by atoms with van der Waals surface area (Å²) in [5.74, 6) is -0.788. The lowest BCUT2D eigenvalue weighted by Gasteiger charge is -2.18. The van der Waals surface area contributed by atoms with Crippen LogP contribution in [0.15, 0.2) is 18.2 Å². The van der Waals surface area contributed by atoms with Crippen LogP contribution in [0.3, 0.4) is 0 Å². The molecule has 0 aliphatic heterocycles. The zero-order valence-corrected chi connectivity index (χ0v) is 12.0. The van der Waals surface area contributed by atoms with Gasteiger partial charge in [-0.2, -0.15) is 0 Å². The van der Waals surface area contributed by atoms with Crippen LogP contribution in [0.4, 0.5) is 18.9 Å². The molecule has 21 heavy (non-hydrogen) atoms. The van der Waals surface area contributed by atoms with Crippen LogP contribution in [0.25, 0.3) is 0 Å². The molecule has 0 aliphatic carbocycles. The molecule has 0 bridgehead atoms. The first-order valence-corrected chi connectivity index (χ1v) is 6.65. The molecular weight excluding hydrogens is 285 g/mol. The molecule has 7 heteroatoms. The van der Waals surface area contributed by atoms with Crippen molar-refractivity contribution in [1.82, 2.24) is 4.90 Å². The van der Waals surface area contributed by atoms with E-state index < -0.39 is 12.1 Å². The highest BCUT2D eigenvalue weighted by Crippen LogP contribution is 2.29. The van der Waals surface area contributed by atoms with Gasteiger partial charge in [-0.25, -0.2) is 0 Å². The molecule has 1 aromatic carbocycles. The number of carbonyl (C=O) groups excluding carboxylic acids is 1. The fourth-order valence-corrected chi connectivity index (χ4v) is 1.82. The molecule has 0 fully saturated rings. The third-order valence-electron chi connectivity index (χ3n) is 2.93. The van der Waals surface area contributed by atoms with Gasteiger partial charge in [0.1, 0.15) is 0 Å². The van der Waals surface area contributed by atoms with Crippen LogP contribution < -0.4 is 10.5 Å². The summed E-state index contributed by atoms with van der Waals surface area (Å²) in [6.07, 6.45) is -1.88. The Morgan fingerprint density at radius 1 is 1.33 bits per heavy atom. The van der Waals surface area contributed by atoms with Gasteiger partial charge in [0.2, 0.25) is 0 Å². The van der Waals surface area contributed by atoms with Gasteiger partial charge in [-0.05, 0) is 24.6 Å². The summed E-state index contributed by atoms with van der Waals surface area (Å²) in [6.45, 7) is 2.65. The van der Waals surface area contributed by atoms with Crippen molar-refractivity contribution in [3.8, 4) is 5.75 Å². The van der Waals surface area contributed by atoms with E-state index >= 15 is 0 Å². The van der Waals surface area contributed by atoms with E-state index in [0.29, 0.717) is 6.54 Å². The van der Waals surface area contributed by atoms with Crippen LogP contribution in [0.5, 0.6) is 5.75 Å². The molecule has 0 aromatic heterocycles. The lowest BCUT2D eigenvalue weighted by molar-refractivity contribution is -0.274. The number of nitrogens with zero attached hydrogens (tertiary/aromatic N) is 1. The van der Waals surface area contributed by atoms with Crippen LogP contribution in [-0.2, 0) is 0 Å². The van der Waals surface area contributed by atoms with E-state index in [0.717, 1.165) is 25.3 Å². The molecule has 0 spiro atoms. The second-order valence-electron chi connectivity index (χ2n) is 4.73. The van der Waals surface area contributed by atoms with E-state index in [9.17, 15) is 18.0 Å². The van der Waals surface area contributed by atoms with Crippen LogP contribution in [0.2, 0.25) is 0 Å². The molecule has 1 amide bonds. The summed E-state index contributed by atoms with van der Waals surface area (Å²) in [6, 6.07) is 3.52. The monoisotopic (exact) mass is 304 g/mol. The highest BCUT2D eigenvalue weighted by atomic mass is 19.4.